The normalized spacial score (nSPS) is 26.2. The summed E-state index contributed by atoms with van der Waals surface area (Å²) in [5.74, 6) is -1.74. The van der Waals surface area contributed by atoms with E-state index in [1.165, 1.54) is 0 Å². The van der Waals surface area contributed by atoms with Crippen LogP contribution in [0.4, 0.5) is 8.78 Å². The molecule has 0 aromatic heterocycles. The molecule has 0 spiro atoms. The SMILES string of the molecule is NC(=O)[C@]12CCOC[C@H]1CN(C(=O)CCc1cc(F)ccc1F)C2. The smallest absolute Gasteiger partial charge is 0.225 e. The van der Waals surface area contributed by atoms with E-state index in [0.29, 0.717) is 26.2 Å². The average Bonchev–Trinajstić information content (AvgIpc) is 2.96. The Kier molecular flexibility index (Phi) is 4.54. The number of nitrogens with two attached hydrogens (primary N) is 1. The maximum absolute atomic E-state index is 13.6. The van der Waals surface area contributed by atoms with Gasteiger partial charge in [-0.15, -0.1) is 0 Å². The average molecular weight is 338 g/mol. The zero-order valence-electron chi connectivity index (χ0n) is 13.3. The molecule has 0 saturated carbocycles. The zero-order valence-corrected chi connectivity index (χ0v) is 13.3. The van der Waals surface area contributed by atoms with Crippen LogP contribution in [0.2, 0.25) is 0 Å². The third kappa shape index (κ3) is 3.00. The molecule has 1 aromatic rings. The lowest BCUT2D eigenvalue weighted by Crippen LogP contribution is -2.48. The minimum absolute atomic E-state index is 0.0583. The van der Waals surface area contributed by atoms with Crippen molar-refractivity contribution in [2.75, 3.05) is 26.3 Å². The van der Waals surface area contributed by atoms with Crippen molar-refractivity contribution >= 4 is 11.8 Å². The van der Waals surface area contributed by atoms with Crippen molar-refractivity contribution in [1.82, 2.24) is 4.90 Å². The van der Waals surface area contributed by atoms with Crippen LogP contribution >= 0.6 is 0 Å². The van der Waals surface area contributed by atoms with Crippen molar-refractivity contribution in [1.29, 1.82) is 0 Å². The van der Waals surface area contributed by atoms with Crippen LogP contribution in [0.3, 0.4) is 0 Å². The molecule has 2 saturated heterocycles. The molecule has 24 heavy (non-hydrogen) atoms. The topological polar surface area (TPSA) is 72.6 Å². The molecule has 2 amide bonds. The van der Waals surface area contributed by atoms with Crippen molar-refractivity contribution < 1.29 is 23.1 Å². The van der Waals surface area contributed by atoms with Gasteiger partial charge >= 0.3 is 0 Å². The number of carbonyl (C=O) groups excluding carboxylic acids is 2. The number of halogens is 2. The van der Waals surface area contributed by atoms with Crippen LogP contribution < -0.4 is 5.73 Å². The van der Waals surface area contributed by atoms with E-state index in [4.69, 9.17) is 10.5 Å². The molecule has 0 bridgehead atoms. The monoisotopic (exact) mass is 338 g/mol. The minimum Gasteiger partial charge on any atom is -0.381 e. The van der Waals surface area contributed by atoms with Crippen LogP contribution in [0.5, 0.6) is 0 Å². The summed E-state index contributed by atoms with van der Waals surface area (Å²) >= 11 is 0. The van der Waals surface area contributed by atoms with Gasteiger partial charge in [0.1, 0.15) is 11.6 Å². The number of ether oxygens (including phenoxy) is 1. The molecule has 0 aliphatic carbocycles. The third-order valence-electron chi connectivity index (χ3n) is 5.17. The first-order valence-corrected chi connectivity index (χ1v) is 8.02. The van der Waals surface area contributed by atoms with Gasteiger partial charge in [0, 0.05) is 32.0 Å². The van der Waals surface area contributed by atoms with Crippen molar-refractivity contribution in [3.05, 3.63) is 35.4 Å². The highest BCUT2D eigenvalue weighted by Crippen LogP contribution is 2.42. The fraction of sp³-hybridized carbons (Fsp3) is 0.529. The standard InChI is InChI=1S/C17H20F2N2O3/c18-13-2-3-14(19)11(7-13)1-4-15(22)21-8-12-9-24-6-5-17(12,10-21)16(20)23/h2-3,7,12H,1,4-6,8-10H2,(H2,20,23)/t12-,17+/m1/s1. The molecule has 3 rings (SSSR count). The van der Waals surface area contributed by atoms with Gasteiger partial charge < -0.3 is 15.4 Å². The van der Waals surface area contributed by atoms with Gasteiger partial charge in [-0.25, -0.2) is 8.78 Å². The number of nitrogens with zero attached hydrogens (tertiary/aromatic N) is 1. The fourth-order valence-corrected chi connectivity index (χ4v) is 3.68. The Morgan fingerprint density at radius 3 is 2.88 bits per heavy atom. The highest BCUT2D eigenvalue weighted by atomic mass is 19.1. The molecule has 1 aromatic carbocycles. The lowest BCUT2D eigenvalue weighted by molar-refractivity contribution is -0.136. The number of primary amides is 1. The summed E-state index contributed by atoms with van der Waals surface area (Å²) in [7, 11) is 0. The first-order chi connectivity index (χ1) is 11.4. The molecule has 2 heterocycles. The van der Waals surface area contributed by atoms with Crippen LogP contribution in [-0.2, 0) is 20.7 Å². The summed E-state index contributed by atoms with van der Waals surface area (Å²) < 4.78 is 32.2. The molecule has 5 nitrogen and oxygen atoms in total. The number of fused-ring (bicyclic) bond motifs is 1. The Morgan fingerprint density at radius 2 is 2.17 bits per heavy atom. The zero-order chi connectivity index (χ0) is 17.3. The van der Waals surface area contributed by atoms with Crippen LogP contribution in [0.15, 0.2) is 18.2 Å². The second-order valence-electron chi connectivity index (χ2n) is 6.55. The Balaban J connectivity index is 1.66. The van der Waals surface area contributed by atoms with Gasteiger partial charge in [-0.1, -0.05) is 0 Å². The van der Waals surface area contributed by atoms with E-state index < -0.39 is 23.0 Å². The lowest BCUT2D eigenvalue weighted by atomic mass is 9.74. The van der Waals surface area contributed by atoms with Crippen LogP contribution in [0.1, 0.15) is 18.4 Å². The first kappa shape index (κ1) is 16.8. The van der Waals surface area contributed by atoms with Crippen molar-refractivity contribution in [3.63, 3.8) is 0 Å². The molecule has 2 N–H and O–H groups in total. The van der Waals surface area contributed by atoms with E-state index in [1.807, 2.05) is 0 Å². The molecule has 2 fully saturated rings. The number of benzene rings is 1. The van der Waals surface area contributed by atoms with Crippen LogP contribution in [0.25, 0.3) is 0 Å². The van der Waals surface area contributed by atoms with Gasteiger partial charge in [-0.05, 0) is 36.6 Å². The number of likely N-dealkylation sites (tertiary alicyclic amines) is 1. The van der Waals surface area contributed by atoms with E-state index >= 15 is 0 Å². The van der Waals surface area contributed by atoms with E-state index in [9.17, 15) is 18.4 Å². The van der Waals surface area contributed by atoms with Gasteiger partial charge in [0.05, 0.1) is 12.0 Å². The summed E-state index contributed by atoms with van der Waals surface area (Å²) in [5.41, 5.74) is 5.03. The molecule has 2 aliphatic rings. The maximum Gasteiger partial charge on any atom is 0.225 e. The van der Waals surface area contributed by atoms with Crippen LogP contribution in [0, 0.1) is 23.0 Å². The summed E-state index contributed by atoms with van der Waals surface area (Å²) in [6.45, 7) is 1.55. The summed E-state index contributed by atoms with van der Waals surface area (Å²) in [4.78, 5) is 26.0. The molecule has 0 radical (unpaired) electrons. The van der Waals surface area contributed by atoms with E-state index in [-0.39, 0.29) is 36.8 Å². The van der Waals surface area contributed by atoms with E-state index in [2.05, 4.69) is 0 Å². The maximum atomic E-state index is 13.6. The van der Waals surface area contributed by atoms with Gasteiger partial charge in [-0.2, -0.15) is 0 Å². The predicted octanol–water partition coefficient (Wildman–Crippen LogP) is 1.25. The Bertz CT molecular complexity index is 667. The molecular formula is C17H20F2N2O3. The number of amides is 2. The van der Waals surface area contributed by atoms with Crippen molar-refractivity contribution in [3.8, 4) is 0 Å². The van der Waals surface area contributed by atoms with Gasteiger partial charge in [0.2, 0.25) is 11.8 Å². The highest BCUT2D eigenvalue weighted by molar-refractivity contribution is 5.84. The van der Waals surface area contributed by atoms with Gasteiger partial charge in [0.25, 0.3) is 0 Å². The number of aryl methyl sites for hydroxylation is 1. The number of rotatable bonds is 4. The fourth-order valence-electron chi connectivity index (χ4n) is 3.68. The minimum atomic E-state index is -0.724. The quantitative estimate of drug-likeness (QED) is 0.898. The largest absolute Gasteiger partial charge is 0.381 e. The van der Waals surface area contributed by atoms with Gasteiger partial charge in [0.15, 0.2) is 0 Å². The summed E-state index contributed by atoms with van der Waals surface area (Å²) in [6, 6.07) is 3.20. The third-order valence-corrected chi connectivity index (χ3v) is 5.17. The molecule has 0 unspecified atom stereocenters. The molecule has 7 heteroatoms. The second kappa shape index (κ2) is 6.47. The van der Waals surface area contributed by atoms with Crippen molar-refractivity contribution in [2.24, 2.45) is 17.1 Å². The molecule has 130 valence electrons. The Labute approximate surface area is 138 Å². The summed E-state index contributed by atoms with van der Waals surface area (Å²) in [5, 5.41) is 0. The van der Waals surface area contributed by atoms with Crippen molar-refractivity contribution in [2.45, 2.75) is 19.3 Å². The highest BCUT2D eigenvalue weighted by Gasteiger charge is 2.53. The number of carbonyl (C=O) groups is 2. The first-order valence-electron chi connectivity index (χ1n) is 8.02. The second-order valence-corrected chi connectivity index (χ2v) is 6.55. The summed E-state index contributed by atoms with van der Waals surface area (Å²) in [6.07, 6.45) is 0.682. The van der Waals surface area contributed by atoms with E-state index in [1.54, 1.807) is 4.90 Å². The predicted molar refractivity (Wildman–Crippen MR) is 81.8 cm³/mol. The number of hydrogen-bond acceptors (Lipinski definition) is 3. The molecule has 2 atom stereocenters. The van der Waals surface area contributed by atoms with Gasteiger partial charge in [-0.3, -0.25) is 9.59 Å². The Hall–Kier alpha value is -2.02. The number of hydrogen-bond donors (Lipinski definition) is 1. The van der Waals surface area contributed by atoms with Crippen LogP contribution in [-0.4, -0.2) is 43.0 Å². The lowest BCUT2D eigenvalue weighted by Gasteiger charge is -2.34. The van der Waals surface area contributed by atoms with E-state index in [0.717, 1.165) is 18.2 Å². The molecule has 2 aliphatic heterocycles. The Morgan fingerprint density at radius 1 is 1.38 bits per heavy atom. The molecular weight excluding hydrogens is 318 g/mol.